The van der Waals surface area contributed by atoms with E-state index in [4.69, 9.17) is 9.47 Å². The Morgan fingerprint density at radius 3 is 2.36 bits per heavy atom. The number of nitrogens with one attached hydrogen (secondary N) is 1. The van der Waals surface area contributed by atoms with E-state index in [-0.39, 0.29) is 18.4 Å². The van der Waals surface area contributed by atoms with Crippen molar-refractivity contribution in [1.82, 2.24) is 25.5 Å². The summed E-state index contributed by atoms with van der Waals surface area (Å²) < 4.78 is 10.7. The molecule has 1 atom stereocenters. The number of methoxy groups -OCH3 is 2. The van der Waals surface area contributed by atoms with Crippen LogP contribution in [0.4, 0.5) is 5.69 Å². The van der Waals surface area contributed by atoms with Crippen LogP contribution < -0.4 is 19.7 Å². The monoisotopic (exact) mass is 494 g/mol. The van der Waals surface area contributed by atoms with Gasteiger partial charge in [0, 0.05) is 23.9 Å². The second kappa shape index (κ2) is 12.1. The molecule has 36 heavy (non-hydrogen) atoms. The Balaban J connectivity index is 1.86. The molecule has 1 aromatic heterocycles. The number of carbonyl (C=O) groups is 2. The van der Waals surface area contributed by atoms with E-state index < -0.39 is 6.04 Å². The number of anilines is 1. The molecule has 0 aliphatic carbocycles. The van der Waals surface area contributed by atoms with Gasteiger partial charge in [-0.3, -0.25) is 14.5 Å². The fraction of sp³-hybridized carbons (Fsp3) is 0.423. The van der Waals surface area contributed by atoms with E-state index in [0.29, 0.717) is 35.5 Å². The Morgan fingerprint density at radius 1 is 1.03 bits per heavy atom. The number of aryl methyl sites for hydroxylation is 1. The zero-order valence-corrected chi connectivity index (χ0v) is 21.7. The molecule has 0 saturated heterocycles. The summed E-state index contributed by atoms with van der Waals surface area (Å²) in [6.07, 6.45) is 0.841. The lowest BCUT2D eigenvalue weighted by atomic mass is 10.1. The highest BCUT2D eigenvalue weighted by Crippen LogP contribution is 2.32. The van der Waals surface area contributed by atoms with E-state index in [1.165, 1.54) is 23.9 Å². The summed E-state index contributed by atoms with van der Waals surface area (Å²) in [5.41, 5.74) is 2.41. The number of amides is 2. The molecule has 1 heterocycles. The van der Waals surface area contributed by atoms with Gasteiger partial charge in [0.15, 0.2) is 11.5 Å². The van der Waals surface area contributed by atoms with Gasteiger partial charge in [0.25, 0.3) is 5.91 Å². The first-order valence-corrected chi connectivity index (χ1v) is 11.9. The van der Waals surface area contributed by atoms with Crippen LogP contribution in [0.15, 0.2) is 42.5 Å². The molecular formula is C26H34N6O4. The number of carbonyl (C=O) groups excluding carboxylic acids is 2. The van der Waals surface area contributed by atoms with Crippen molar-refractivity contribution < 1.29 is 19.1 Å². The molecule has 0 bridgehead atoms. The van der Waals surface area contributed by atoms with E-state index in [1.54, 1.807) is 25.1 Å². The molecule has 0 aliphatic heterocycles. The zero-order valence-electron chi connectivity index (χ0n) is 21.7. The smallest absolute Gasteiger partial charge is 0.251 e. The van der Waals surface area contributed by atoms with Crippen molar-refractivity contribution in [3.8, 4) is 22.9 Å². The minimum absolute atomic E-state index is 0.198. The standard InChI is InChI=1S/C26H34N6O4/c1-17(2)13-14-27-26(34)19(4)32(21-11-12-22(35-5)23(15-21)36-6)24(33)16-31-29-25(28-30-31)20-9-7-18(3)8-10-20/h7-12,15,17,19H,13-14,16H2,1-6H3,(H,27,34)/t19-/m0/s1. The molecule has 0 radical (unpaired) electrons. The van der Waals surface area contributed by atoms with Crippen molar-refractivity contribution >= 4 is 17.5 Å². The molecule has 2 amide bonds. The second-order valence-electron chi connectivity index (χ2n) is 8.96. The quantitative estimate of drug-likeness (QED) is 0.435. The summed E-state index contributed by atoms with van der Waals surface area (Å²) in [6.45, 7) is 8.19. The van der Waals surface area contributed by atoms with Crippen molar-refractivity contribution in [3.05, 3.63) is 48.0 Å². The van der Waals surface area contributed by atoms with Gasteiger partial charge in [-0.25, -0.2) is 0 Å². The molecule has 0 unspecified atom stereocenters. The summed E-state index contributed by atoms with van der Waals surface area (Å²) in [6, 6.07) is 12.0. The van der Waals surface area contributed by atoms with E-state index in [9.17, 15) is 9.59 Å². The van der Waals surface area contributed by atoms with Crippen LogP contribution in [0.1, 0.15) is 32.8 Å². The molecule has 10 nitrogen and oxygen atoms in total. The molecule has 0 fully saturated rings. The predicted octanol–water partition coefficient (Wildman–Crippen LogP) is 3.25. The maximum absolute atomic E-state index is 13.5. The fourth-order valence-corrected chi connectivity index (χ4v) is 3.63. The minimum Gasteiger partial charge on any atom is -0.493 e. The van der Waals surface area contributed by atoms with Gasteiger partial charge < -0.3 is 14.8 Å². The fourth-order valence-electron chi connectivity index (χ4n) is 3.63. The summed E-state index contributed by atoms with van der Waals surface area (Å²) in [5, 5.41) is 15.4. The third kappa shape index (κ3) is 6.59. The molecule has 2 aromatic carbocycles. The van der Waals surface area contributed by atoms with Gasteiger partial charge in [0.1, 0.15) is 12.6 Å². The van der Waals surface area contributed by atoms with Gasteiger partial charge in [-0.2, -0.15) is 4.80 Å². The third-order valence-electron chi connectivity index (χ3n) is 5.74. The van der Waals surface area contributed by atoms with E-state index in [1.807, 2.05) is 31.2 Å². The SMILES string of the molecule is COc1ccc(N(C(=O)Cn2nnc(-c3ccc(C)cc3)n2)[C@@H](C)C(=O)NCCC(C)C)cc1OC. The molecule has 0 aliphatic rings. The Labute approximate surface area is 211 Å². The zero-order chi connectivity index (χ0) is 26.2. The number of tetrazole rings is 1. The number of hydrogen-bond donors (Lipinski definition) is 1. The first-order chi connectivity index (χ1) is 17.2. The van der Waals surface area contributed by atoms with Gasteiger partial charge >= 0.3 is 0 Å². The highest BCUT2D eigenvalue weighted by molar-refractivity contribution is 6.00. The highest BCUT2D eigenvalue weighted by atomic mass is 16.5. The number of aromatic nitrogens is 4. The Hall–Kier alpha value is -3.95. The van der Waals surface area contributed by atoms with Crippen LogP contribution in [-0.2, 0) is 16.1 Å². The molecule has 10 heteroatoms. The first-order valence-electron chi connectivity index (χ1n) is 11.9. The maximum atomic E-state index is 13.5. The van der Waals surface area contributed by atoms with Gasteiger partial charge in [0.2, 0.25) is 11.7 Å². The summed E-state index contributed by atoms with van der Waals surface area (Å²) >= 11 is 0. The highest BCUT2D eigenvalue weighted by Gasteiger charge is 2.29. The maximum Gasteiger partial charge on any atom is 0.251 e. The summed E-state index contributed by atoms with van der Waals surface area (Å²) in [7, 11) is 3.05. The lowest BCUT2D eigenvalue weighted by molar-refractivity contribution is -0.126. The second-order valence-corrected chi connectivity index (χ2v) is 8.96. The number of hydrogen-bond acceptors (Lipinski definition) is 7. The third-order valence-corrected chi connectivity index (χ3v) is 5.74. The predicted molar refractivity (Wildman–Crippen MR) is 137 cm³/mol. The lowest BCUT2D eigenvalue weighted by Crippen LogP contribution is -2.49. The normalized spacial score (nSPS) is 11.8. The van der Waals surface area contributed by atoms with Crippen LogP contribution in [0.2, 0.25) is 0 Å². The average molecular weight is 495 g/mol. The first kappa shape index (κ1) is 26.7. The van der Waals surface area contributed by atoms with Crippen LogP contribution in [0.25, 0.3) is 11.4 Å². The van der Waals surface area contributed by atoms with Crippen molar-refractivity contribution in [2.75, 3.05) is 25.7 Å². The van der Waals surface area contributed by atoms with Gasteiger partial charge in [0.05, 0.1) is 14.2 Å². The van der Waals surface area contributed by atoms with Crippen molar-refractivity contribution in [2.24, 2.45) is 5.92 Å². The number of benzene rings is 2. The Bertz CT molecular complexity index is 1180. The van der Waals surface area contributed by atoms with Crippen molar-refractivity contribution in [2.45, 2.75) is 46.7 Å². The summed E-state index contributed by atoms with van der Waals surface area (Å²) in [5.74, 6) is 1.20. The Morgan fingerprint density at radius 2 is 1.72 bits per heavy atom. The largest absolute Gasteiger partial charge is 0.493 e. The molecule has 0 spiro atoms. The molecular weight excluding hydrogens is 460 g/mol. The molecule has 192 valence electrons. The van der Waals surface area contributed by atoms with Crippen LogP contribution >= 0.6 is 0 Å². The van der Waals surface area contributed by atoms with Gasteiger partial charge in [-0.05, 0) is 43.5 Å². The number of nitrogens with zero attached hydrogens (tertiary/aromatic N) is 5. The van der Waals surface area contributed by atoms with Crippen LogP contribution in [0.5, 0.6) is 11.5 Å². The van der Waals surface area contributed by atoms with Crippen LogP contribution in [0.3, 0.4) is 0 Å². The van der Waals surface area contributed by atoms with E-state index in [2.05, 4.69) is 34.6 Å². The lowest BCUT2D eigenvalue weighted by Gasteiger charge is -2.29. The van der Waals surface area contributed by atoms with Crippen molar-refractivity contribution in [3.63, 3.8) is 0 Å². The number of rotatable bonds is 11. The minimum atomic E-state index is -0.789. The van der Waals surface area contributed by atoms with Crippen LogP contribution in [-0.4, -0.2) is 58.8 Å². The Kier molecular flexibility index (Phi) is 8.99. The average Bonchev–Trinajstić information content (AvgIpc) is 3.32. The van der Waals surface area contributed by atoms with E-state index in [0.717, 1.165) is 17.5 Å². The molecule has 3 aromatic rings. The molecule has 0 saturated carbocycles. The molecule has 1 N–H and O–H groups in total. The molecule has 3 rings (SSSR count). The van der Waals surface area contributed by atoms with Crippen LogP contribution in [0, 0.1) is 12.8 Å². The van der Waals surface area contributed by atoms with Gasteiger partial charge in [-0.1, -0.05) is 43.7 Å². The van der Waals surface area contributed by atoms with Gasteiger partial charge in [-0.15, -0.1) is 10.2 Å². The summed E-state index contributed by atoms with van der Waals surface area (Å²) in [4.78, 5) is 29.2. The number of ether oxygens (including phenoxy) is 2. The van der Waals surface area contributed by atoms with E-state index >= 15 is 0 Å². The topological polar surface area (TPSA) is 111 Å². The van der Waals surface area contributed by atoms with Crippen molar-refractivity contribution in [1.29, 1.82) is 0 Å².